The van der Waals surface area contributed by atoms with Crippen molar-refractivity contribution in [1.29, 1.82) is 0 Å². The molecular formula is C22H26ClN5O3. The van der Waals surface area contributed by atoms with Crippen LogP contribution in [0.3, 0.4) is 0 Å². The molecule has 0 saturated carbocycles. The summed E-state index contributed by atoms with van der Waals surface area (Å²) < 4.78 is 16.4. The number of benzene rings is 1. The molecule has 0 amide bonds. The van der Waals surface area contributed by atoms with Crippen molar-refractivity contribution in [2.24, 2.45) is 5.92 Å². The zero-order chi connectivity index (χ0) is 21.4. The quantitative estimate of drug-likeness (QED) is 0.639. The number of rotatable bonds is 5. The molecule has 8 nitrogen and oxygen atoms in total. The van der Waals surface area contributed by atoms with Gasteiger partial charge in [-0.2, -0.15) is 9.97 Å². The first kappa shape index (κ1) is 20.3. The van der Waals surface area contributed by atoms with Crippen LogP contribution in [-0.4, -0.2) is 53.9 Å². The van der Waals surface area contributed by atoms with Gasteiger partial charge in [0, 0.05) is 41.4 Å². The van der Waals surface area contributed by atoms with E-state index in [1.807, 2.05) is 6.07 Å². The van der Waals surface area contributed by atoms with E-state index in [4.69, 9.17) is 25.8 Å². The standard InChI is InChI=1S/C22H26ClN5O3/c1-29-21-25-20(26-22(27-21)30-2)28-8-7-15-16-11-14(23)5-6-17(16)24-19(15)18(28)10-13-4-3-9-31-12-13/h5-6,11,13,18,24H,3-4,7-10,12H2,1-2H3/t13-,18-/m0/s1. The molecular weight excluding hydrogens is 418 g/mol. The predicted octanol–water partition coefficient (Wildman–Crippen LogP) is 3.94. The SMILES string of the molecule is COc1nc(OC)nc(N2CCc3c([nH]c4ccc(Cl)cc34)[C@@H]2C[C@@H]2CCCOC2)n1. The molecule has 1 N–H and O–H groups in total. The lowest BCUT2D eigenvalue weighted by Gasteiger charge is -2.38. The molecule has 0 radical (unpaired) electrons. The number of H-pyrrole nitrogens is 1. The van der Waals surface area contributed by atoms with Gasteiger partial charge < -0.3 is 24.1 Å². The van der Waals surface area contributed by atoms with Gasteiger partial charge in [-0.3, -0.25) is 0 Å². The number of ether oxygens (including phenoxy) is 3. The molecule has 2 aliphatic rings. The highest BCUT2D eigenvalue weighted by Crippen LogP contribution is 2.41. The molecule has 1 aromatic carbocycles. The van der Waals surface area contributed by atoms with E-state index < -0.39 is 0 Å². The Morgan fingerprint density at radius 3 is 2.71 bits per heavy atom. The van der Waals surface area contributed by atoms with Gasteiger partial charge in [0.15, 0.2) is 0 Å². The second-order valence-electron chi connectivity index (χ2n) is 8.09. The molecule has 0 aliphatic carbocycles. The summed E-state index contributed by atoms with van der Waals surface area (Å²) in [5.41, 5.74) is 3.63. The number of hydrogen-bond donors (Lipinski definition) is 1. The lowest BCUT2D eigenvalue weighted by Crippen LogP contribution is -2.38. The Labute approximate surface area is 185 Å². The average molecular weight is 444 g/mol. The Morgan fingerprint density at radius 1 is 1.19 bits per heavy atom. The molecule has 3 aromatic rings. The van der Waals surface area contributed by atoms with E-state index >= 15 is 0 Å². The normalized spacial score (nSPS) is 21.2. The topological polar surface area (TPSA) is 85.4 Å². The summed E-state index contributed by atoms with van der Waals surface area (Å²) in [6.07, 6.45) is 4.07. The zero-order valence-corrected chi connectivity index (χ0v) is 18.5. The Balaban J connectivity index is 1.58. The maximum absolute atomic E-state index is 6.31. The monoisotopic (exact) mass is 443 g/mol. The van der Waals surface area contributed by atoms with E-state index in [1.165, 1.54) is 16.6 Å². The van der Waals surface area contributed by atoms with Crippen LogP contribution in [0, 0.1) is 5.92 Å². The molecule has 4 heterocycles. The van der Waals surface area contributed by atoms with Crippen LogP contribution in [0.5, 0.6) is 12.0 Å². The van der Waals surface area contributed by atoms with Crippen molar-refractivity contribution in [2.45, 2.75) is 31.7 Å². The van der Waals surface area contributed by atoms with Gasteiger partial charge in [0.05, 0.1) is 20.3 Å². The number of aromatic nitrogens is 4. The first-order valence-corrected chi connectivity index (χ1v) is 11.0. The molecule has 1 fully saturated rings. The molecule has 2 atom stereocenters. The summed E-state index contributed by atoms with van der Waals surface area (Å²) in [7, 11) is 3.09. The smallest absolute Gasteiger partial charge is 0.324 e. The number of anilines is 1. The molecule has 0 bridgehead atoms. The maximum Gasteiger partial charge on any atom is 0.324 e. The van der Waals surface area contributed by atoms with Gasteiger partial charge in [0.25, 0.3) is 0 Å². The molecule has 5 rings (SSSR count). The molecule has 2 aliphatic heterocycles. The van der Waals surface area contributed by atoms with Crippen LogP contribution in [0.25, 0.3) is 10.9 Å². The van der Waals surface area contributed by atoms with Crippen molar-refractivity contribution in [1.82, 2.24) is 19.9 Å². The molecule has 164 valence electrons. The van der Waals surface area contributed by atoms with E-state index in [9.17, 15) is 0 Å². The van der Waals surface area contributed by atoms with E-state index in [0.29, 0.717) is 11.9 Å². The maximum atomic E-state index is 6.31. The molecule has 31 heavy (non-hydrogen) atoms. The number of methoxy groups -OCH3 is 2. The molecule has 0 unspecified atom stereocenters. The highest BCUT2D eigenvalue weighted by atomic mass is 35.5. The van der Waals surface area contributed by atoms with Crippen molar-refractivity contribution >= 4 is 28.5 Å². The van der Waals surface area contributed by atoms with Gasteiger partial charge in [0.1, 0.15) is 0 Å². The Hall–Kier alpha value is -2.58. The van der Waals surface area contributed by atoms with Gasteiger partial charge in [-0.25, -0.2) is 0 Å². The van der Waals surface area contributed by atoms with E-state index in [-0.39, 0.29) is 18.1 Å². The van der Waals surface area contributed by atoms with E-state index in [2.05, 4.69) is 37.0 Å². The fourth-order valence-corrected chi connectivity index (χ4v) is 4.94. The minimum Gasteiger partial charge on any atom is -0.467 e. The highest BCUT2D eigenvalue weighted by molar-refractivity contribution is 6.31. The van der Waals surface area contributed by atoms with Gasteiger partial charge in [-0.1, -0.05) is 11.6 Å². The number of nitrogens with one attached hydrogen (secondary N) is 1. The molecule has 9 heteroatoms. The van der Waals surface area contributed by atoms with Crippen molar-refractivity contribution in [3.63, 3.8) is 0 Å². The first-order valence-electron chi connectivity index (χ1n) is 10.6. The number of hydrogen-bond acceptors (Lipinski definition) is 7. The van der Waals surface area contributed by atoms with E-state index in [0.717, 1.165) is 56.0 Å². The lowest BCUT2D eigenvalue weighted by atomic mass is 9.88. The fraction of sp³-hybridized carbons (Fsp3) is 0.500. The summed E-state index contributed by atoms with van der Waals surface area (Å²) in [5, 5.41) is 1.94. The average Bonchev–Trinajstić information content (AvgIpc) is 3.18. The van der Waals surface area contributed by atoms with Crippen molar-refractivity contribution < 1.29 is 14.2 Å². The Kier molecular flexibility index (Phi) is 5.58. The van der Waals surface area contributed by atoms with Crippen LogP contribution in [0.15, 0.2) is 18.2 Å². The fourth-order valence-electron chi connectivity index (χ4n) is 4.77. The number of nitrogens with zero attached hydrogens (tertiary/aromatic N) is 4. The third-order valence-electron chi connectivity index (χ3n) is 6.23. The number of aromatic amines is 1. The predicted molar refractivity (Wildman–Crippen MR) is 118 cm³/mol. The van der Waals surface area contributed by atoms with Crippen LogP contribution in [-0.2, 0) is 11.2 Å². The highest BCUT2D eigenvalue weighted by Gasteiger charge is 2.35. The zero-order valence-electron chi connectivity index (χ0n) is 17.7. The van der Waals surface area contributed by atoms with Crippen molar-refractivity contribution in [2.75, 3.05) is 38.9 Å². The largest absolute Gasteiger partial charge is 0.467 e. The van der Waals surface area contributed by atoms with Gasteiger partial charge in [-0.05, 0) is 55.4 Å². The second-order valence-corrected chi connectivity index (χ2v) is 8.53. The van der Waals surface area contributed by atoms with Crippen molar-refractivity contribution in [3.05, 3.63) is 34.5 Å². The number of fused-ring (bicyclic) bond motifs is 3. The summed E-state index contributed by atoms with van der Waals surface area (Å²) in [4.78, 5) is 19.1. The van der Waals surface area contributed by atoms with Crippen LogP contribution in [0.2, 0.25) is 5.02 Å². The van der Waals surface area contributed by atoms with Crippen LogP contribution in [0.4, 0.5) is 5.95 Å². The third-order valence-corrected chi connectivity index (χ3v) is 6.46. The van der Waals surface area contributed by atoms with Crippen LogP contribution in [0.1, 0.15) is 36.6 Å². The second kappa shape index (κ2) is 8.51. The number of halogens is 1. The molecule has 1 saturated heterocycles. The van der Waals surface area contributed by atoms with Gasteiger partial charge >= 0.3 is 12.0 Å². The summed E-state index contributed by atoms with van der Waals surface area (Å²) in [6, 6.07) is 6.60. The molecule has 2 aromatic heterocycles. The molecule has 0 spiro atoms. The minimum absolute atomic E-state index is 0.0819. The van der Waals surface area contributed by atoms with E-state index in [1.54, 1.807) is 14.2 Å². The van der Waals surface area contributed by atoms with Crippen LogP contribution < -0.4 is 14.4 Å². The summed E-state index contributed by atoms with van der Waals surface area (Å²) in [5.74, 6) is 1.04. The minimum atomic E-state index is 0.0819. The first-order chi connectivity index (χ1) is 15.2. The lowest BCUT2D eigenvalue weighted by molar-refractivity contribution is 0.0483. The third kappa shape index (κ3) is 3.90. The van der Waals surface area contributed by atoms with Crippen molar-refractivity contribution in [3.8, 4) is 12.0 Å². The Bertz CT molecular complexity index is 1060. The van der Waals surface area contributed by atoms with Crippen LogP contribution >= 0.6 is 11.6 Å². The summed E-state index contributed by atoms with van der Waals surface area (Å²) >= 11 is 6.31. The van der Waals surface area contributed by atoms with Gasteiger partial charge in [-0.15, -0.1) is 4.98 Å². The van der Waals surface area contributed by atoms with Gasteiger partial charge in [0.2, 0.25) is 5.95 Å². The Morgan fingerprint density at radius 2 is 2.00 bits per heavy atom. The summed E-state index contributed by atoms with van der Waals surface area (Å²) in [6.45, 7) is 2.42.